The predicted molar refractivity (Wildman–Crippen MR) is 203 cm³/mol. The van der Waals surface area contributed by atoms with E-state index in [-0.39, 0.29) is 30.2 Å². The first kappa shape index (κ1) is 41.8. The predicted octanol–water partition coefficient (Wildman–Crippen LogP) is 3.99. The third-order valence-corrected chi connectivity index (χ3v) is 12.1. The van der Waals surface area contributed by atoms with Crippen LogP contribution in [0.25, 0.3) is 0 Å². The quantitative estimate of drug-likeness (QED) is 0.198. The van der Waals surface area contributed by atoms with Gasteiger partial charge in [-0.15, -0.1) is 0 Å². The number of thiol groups is 1. The van der Waals surface area contributed by atoms with Crippen molar-refractivity contribution in [2.75, 3.05) is 46.9 Å². The molecular weight excluding hydrogens is 742 g/mol. The molecule has 0 saturated carbocycles. The molecular formula is C38H52ClN3O11S. The molecule has 0 aliphatic carbocycles. The Kier molecular flexibility index (Phi) is 12.1. The number of methoxy groups -OCH3 is 3. The maximum absolute atomic E-state index is 14.2. The number of benzene rings is 1. The number of anilines is 1. The highest BCUT2D eigenvalue weighted by atomic mass is 35.5. The van der Waals surface area contributed by atoms with Gasteiger partial charge in [0.2, 0.25) is 11.8 Å². The van der Waals surface area contributed by atoms with Gasteiger partial charge in [0.1, 0.15) is 40.3 Å². The van der Waals surface area contributed by atoms with Gasteiger partial charge in [-0.1, -0.05) is 42.3 Å². The van der Waals surface area contributed by atoms with E-state index in [2.05, 4.69) is 17.9 Å². The average molecular weight is 794 g/mol. The second-order valence-corrected chi connectivity index (χ2v) is 16.7. The number of hydrogen-bond donors (Lipinski definition) is 3. The van der Waals surface area contributed by atoms with Crippen molar-refractivity contribution in [2.24, 2.45) is 5.92 Å². The minimum Gasteiger partial charge on any atom is -0.495 e. The first-order valence-electron chi connectivity index (χ1n) is 17.9. The Labute approximate surface area is 326 Å². The summed E-state index contributed by atoms with van der Waals surface area (Å²) in [6.45, 7) is 7.51. The van der Waals surface area contributed by atoms with Gasteiger partial charge in [0.05, 0.1) is 25.8 Å². The molecule has 6 bridgehead atoms. The lowest BCUT2D eigenvalue weighted by Crippen LogP contribution is -2.68. The summed E-state index contributed by atoms with van der Waals surface area (Å²) in [7, 11) is 7.51. The highest BCUT2D eigenvalue weighted by Gasteiger charge is 2.83. The molecule has 3 fully saturated rings. The van der Waals surface area contributed by atoms with Crippen molar-refractivity contribution in [1.29, 1.82) is 0 Å². The molecule has 9 atom stereocenters. The van der Waals surface area contributed by atoms with E-state index < -0.39 is 69.9 Å². The van der Waals surface area contributed by atoms with E-state index in [9.17, 15) is 24.3 Å². The Morgan fingerprint density at radius 2 is 1.93 bits per heavy atom. The molecule has 1 aromatic rings. The maximum atomic E-state index is 14.2. The summed E-state index contributed by atoms with van der Waals surface area (Å²) in [4.78, 5) is 58.0. The minimum atomic E-state index is -1.94. The molecule has 4 heterocycles. The van der Waals surface area contributed by atoms with Crippen molar-refractivity contribution in [2.45, 2.75) is 106 Å². The smallest absolute Gasteiger partial charge is 0.409 e. The van der Waals surface area contributed by atoms with Gasteiger partial charge in [-0.05, 0) is 51.3 Å². The van der Waals surface area contributed by atoms with Crippen LogP contribution in [0.5, 0.6) is 5.75 Å². The van der Waals surface area contributed by atoms with E-state index in [1.807, 2.05) is 19.9 Å². The van der Waals surface area contributed by atoms with Crippen LogP contribution < -0.4 is 15.0 Å². The molecule has 54 heavy (non-hydrogen) atoms. The second kappa shape index (κ2) is 15.7. The van der Waals surface area contributed by atoms with Crippen LogP contribution in [-0.4, -0.2) is 122 Å². The van der Waals surface area contributed by atoms with Gasteiger partial charge < -0.3 is 43.3 Å². The highest BCUT2D eigenvalue weighted by Crippen LogP contribution is 2.63. The first-order valence-corrected chi connectivity index (χ1v) is 18.7. The van der Waals surface area contributed by atoms with Crippen LogP contribution in [-0.2, 0) is 44.5 Å². The van der Waals surface area contributed by atoms with E-state index in [4.69, 9.17) is 40.0 Å². The number of nitrogens with one attached hydrogen (secondary N) is 1. The van der Waals surface area contributed by atoms with Crippen LogP contribution in [0.2, 0.25) is 5.02 Å². The van der Waals surface area contributed by atoms with Gasteiger partial charge in [0.15, 0.2) is 11.8 Å². The summed E-state index contributed by atoms with van der Waals surface area (Å²) in [5, 5.41) is 14.7. The summed E-state index contributed by atoms with van der Waals surface area (Å²) in [5.41, 5.74) is -2.68. The summed E-state index contributed by atoms with van der Waals surface area (Å²) in [6.07, 6.45) is 1.46. The average Bonchev–Trinajstić information content (AvgIpc) is 3.75. The van der Waals surface area contributed by atoms with Crippen LogP contribution in [0.3, 0.4) is 0 Å². The number of ether oxygens (including phenoxy) is 6. The molecule has 1 unspecified atom stereocenters. The summed E-state index contributed by atoms with van der Waals surface area (Å²) >= 11 is 11.4. The van der Waals surface area contributed by atoms with Crippen LogP contribution >= 0.6 is 24.2 Å². The lowest BCUT2D eigenvalue weighted by molar-refractivity contribution is -0.174. The molecule has 298 valence electrons. The number of rotatable bonds is 8. The molecule has 5 rings (SSSR count). The monoisotopic (exact) mass is 793 g/mol. The van der Waals surface area contributed by atoms with E-state index in [1.54, 1.807) is 52.3 Å². The van der Waals surface area contributed by atoms with Crippen molar-refractivity contribution in [3.63, 3.8) is 0 Å². The molecule has 14 nitrogen and oxygen atoms in total. The van der Waals surface area contributed by atoms with E-state index in [1.165, 1.54) is 31.1 Å². The third kappa shape index (κ3) is 7.72. The molecule has 4 aliphatic heterocycles. The Balaban J connectivity index is 1.61. The molecule has 2 N–H and O–H groups in total. The number of allylic oxidation sites excluding steroid dienone is 3. The number of carbonyl (C=O) groups excluding carboxylic acids is 4. The van der Waals surface area contributed by atoms with Crippen LogP contribution in [0.1, 0.15) is 58.9 Å². The molecule has 0 spiro atoms. The number of carbonyl (C=O) groups is 4. The number of hydrogen-bond acceptors (Lipinski definition) is 12. The van der Waals surface area contributed by atoms with Gasteiger partial charge >= 0.3 is 12.1 Å². The molecule has 0 aromatic heterocycles. The number of aliphatic hydroxyl groups is 1. The molecule has 3 saturated heterocycles. The van der Waals surface area contributed by atoms with Crippen molar-refractivity contribution in [3.05, 3.63) is 46.5 Å². The number of likely N-dealkylation sites (N-methyl/N-ethyl adjacent to an activating group) is 1. The van der Waals surface area contributed by atoms with Crippen molar-refractivity contribution in [1.82, 2.24) is 10.2 Å². The SMILES string of the molecule is COCC(C)(S)CCC(=O)N(C)[C@H]1C(=O)O[C@H]2CC(=O)N(C)c3cc(cc(OC)c3Cl)C/C(C)=C/C=C/[C@@H](OC)[C@@]3(O)C[C@H](OC(=O)N3)[C@@H](C)[C@@]13O[C@@]23C. The number of alkyl carbamates (subject to hydrolysis) is 1. The fourth-order valence-corrected chi connectivity index (χ4v) is 8.75. The zero-order chi connectivity index (χ0) is 40.0. The number of nitrogens with zero attached hydrogens (tertiary/aromatic N) is 2. The minimum absolute atomic E-state index is 0.0265. The van der Waals surface area contributed by atoms with Gasteiger partial charge in [0, 0.05) is 51.8 Å². The Bertz CT molecular complexity index is 1720. The maximum Gasteiger partial charge on any atom is 0.409 e. The van der Waals surface area contributed by atoms with E-state index >= 15 is 0 Å². The fraction of sp³-hybridized carbons (Fsp3) is 0.632. The Morgan fingerprint density at radius 1 is 1.22 bits per heavy atom. The van der Waals surface area contributed by atoms with Crippen LogP contribution in [0.4, 0.5) is 10.5 Å². The number of halogens is 1. The summed E-state index contributed by atoms with van der Waals surface area (Å²) in [6, 6.07) is 2.28. The standard InChI is InChI=1S/C38H52ClN3O11S/c1-21-11-10-12-27(50-9)37(47)19-26(51-34(46)40-37)22(2)38-32(42(6)29(43)13-14-35(3,54)20-48-7)33(45)52-28(36(38,4)53-38)18-30(44)41(5)24-16-23(15-21)17-25(49-8)31(24)39/h10-12,16-17,22,26-28,32,47,54H,13-15,18-20H2,1-9H3,(H,40,46)/b12-10+,21-11+/t22-,26+,27-,28+,32+,35?,36+,37+,38-/m1/s1. The van der Waals surface area contributed by atoms with Gasteiger partial charge in [-0.25, -0.2) is 9.59 Å². The molecule has 0 radical (unpaired) electrons. The Hall–Kier alpha value is -3.34. The number of amides is 3. The lowest BCUT2D eigenvalue weighted by atomic mass is 9.69. The second-order valence-electron chi connectivity index (χ2n) is 15.3. The molecule has 1 aromatic carbocycles. The summed E-state index contributed by atoms with van der Waals surface area (Å²) < 4.78 is 34.3. The molecule has 4 aliphatic rings. The lowest BCUT2D eigenvalue weighted by Gasteiger charge is -2.46. The van der Waals surface area contributed by atoms with E-state index in [0.29, 0.717) is 30.9 Å². The number of epoxide rings is 1. The zero-order valence-electron chi connectivity index (χ0n) is 32.3. The Morgan fingerprint density at radius 3 is 2.57 bits per heavy atom. The van der Waals surface area contributed by atoms with Gasteiger partial charge in [0.25, 0.3) is 0 Å². The molecule has 16 heteroatoms. The number of esters is 1. The molecule has 3 amide bonds. The fourth-order valence-electron chi connectivity index (χ4n) is 8.20. The van der Waals surface area contributed by atoms with Crippen molar-refractivity contribution in [3.8, 4) is 5.75 Å². The summed E-state index contributed by atoms with van der Waals surface area (Å²) in [5.74, 6) is -2.06. The van der Waals surface area contributed by atoms with Crippen molar-refractivity contribution >= 4 is 53.8 Å². The van der Waals surface area contributed by atoms with Crippen LogP contribution in [0, 0.1) is 5.92 Å². The number of fused-ring (bicyclic) bond motifs is 4. The largest absolute Gasteiger partial charge is 0.495 e. The van der Waals surface area contributed by atoms with Gasteiger partial charge in [-0.2, -0.15) is 12.6 Å². The third-order valence-electron chi connectivity index (χ3n) is 11.3. The normalized spacial score (nSPS) is 35.3. The topological polar surface area (TPSA) is 166 Å². The highest BCUT2D eigenvalue weighted by molar-refractivity contribution is 7.81. The van der Waals surface area contributed by atoms with Crippen molar-refractivity contribution < 1.29 is 52.7 Å². The zero-order valence-corrected chi connectivity index (χ0v) is 33.9. The van der Waals surface area contributed by atoms with Crippen LogP contribution in [0.15, 0.2) is 35.9 Å². The van der Waals surface area contributed by atoms with Gasteiger partial charge in [-0.3, -0.25) is 14.9 Å². The first-order chi connectivity index (χ1) is 25.3. The van der Waals surface area contributed by atoms with E-state index in [0.717, 1.165) is 11.1 Å².